The van der Waals surface area contributed by atoms with E-state index < -0.39 is 0 Å². The molecular weight excluding hydrogens is 252 g/mol. The van der Waals surface area contributed by atoms with Gasteiger partial charge < -0.3 is 15.2 Å². The van der Waals surface area contributed by atoms with E-state index in [2.05, 4.69) is 20.2 Å². The van der Waals surface area contributed by atoms with Gasteiger partial charge in [0.2, 0.25) is 0 Å². The van der Waals surface area contributed by atoms with Gasteiger partial charge in [0.05, 0.1) is 0 Å². The highest BCUT2D eigenvalue weighted by molar-refractivity contribution is 5.33. The normalized spacial score (nSPS) is 20.6. The zero-order chi connectivity index (χ0) is 13.8. The summed E-state index contributed by atoms with van der Waals surface area (Å²) < 4.78 is 0. The van der Waals surface area contributed by atoms with E-state index in [-0.39, 0.29) is 5.56 Å². The average Bonchev–Trinajstić information content (AvgIpc) is 3.26. The minimum absolute atomic E-state index is 0.0424. The standard InChI is InChI=1S/C15H24N4O/c20-14-11-13(17-15(18-14)12-5-6-12)16-7-10-19-8-3-1-2-4-9-19/h11-12H,1-10H2,(H2,16,17,18,20). The summed E-state index contributed by atoms with van der Waals surface area (Å²) in [5.41, 5.74) is -0.0424. The second-order valence-electron chi connectivity index (χ2n) is 5.97. The van der Waals surface area contributed by atoms with Gasteiger partial charge in [-0.2, -0.15) is 0 Å². The van der Waals surface area contributed by atoms with Gasteiger partial charge in [0.15, 0.2) is 0 Å². The number of anilines is 1. The molecule has 1 saturated carbocycles. The van der Waals surface area contributed by atoms with Gasteiger partial charge in [-0.25, -0.2) is 4.98 Å². The molecule has 1 saturated heterocycles. The third kappa shape index (κ3) is 3.82. The molecular formula is C15H24N4O. The summed E-state index contributed by atoms with van der Waals surface area (Å²) in [5, 5.41) is 3.30. The largest absolute Gasteiger partial charge is 0.369 e. The molecule has 3 rings (SSSR count). The molecule has 5 heteroatoms. The first-order valence-electron chi connectivity index (χ1n) is 7.89. The summed E-state index contributed by atoms with van der Waals surface area (Å²) in [6.45, 7) is 4.31. The van der Waals surface area contributed by atoms with E-state index in [1.54, 1.807) is 6.07 Å². The van der Waals surface area contributed by atoms with Crippen molar-refractivity contribution < 1.29 is 0 Å². The second kappa shape index (κ2) is 6.39. The number of hydrogen-bond donors (Lipinski definition) is 2. The summed E-state index contributed by atoms with van der Waals surface area (Å²) >= 11 is 0. The fraction of sp³-hybridized carbons (Fsp3) is 0.733. The number of hydrogen-bond acceptors (Lipinski definition) is 4. The minimum Gasteiger partial charge on any atom is -0.369 e. The number of nitrogens with one attached hydrogen (secondary N) is 2. The van der Waals surface area contributed by atoms with Crippen LogP contribution in [0.4, 0.5) is 5.82 Å². The van der Waals surface area contributed by atoms with Crippen LogP contribution in [0.2, 0.25) is 0 Å². The van der Waals surface area contributed by atoms with Gasteiger partial charge in [0.25, 0.3) is 5.56 Å². The van der Waals surface area contributed by atoms with Gasteiger partial charge in [-0.05, 0) is 38.8 Å². The highest BCUT2D eigenvalue weighted by Gasteiger charge is 2.26. The van der Waals surface area contributed by atoms with Gasteiger partial charge in [-0.15, -0.1) is 0 Å². The van der Waals surface area contributed by atoms with Crippen LogP contribution in [0.15, 0.2) is 10.9 Å². The molecule has 20 heavy (non-hydrogen) atoms. The maximum Gasteiger partial charge on any atom is 0.252 e. The topological polar surface area (TPSA) is 61.0 Å². The van der Waals surface area contributed by atoms with Crippen molar-refractivity contribution in [1.82, 2.24) is 14.9 Å². The lowest BCUT2D eigenvalue weighted by Gasteiger charge is -2.19. The fourth-order valence-corrected chi connectivity index (χ4v) is 2.82. The number of rotatable bonds is 5. The molecule has 0 atom stereocenters. The predicted octanol–water partition coefficient (Wildman–Crippen LogP) is 1.94. The molecule has 0 bridgehead atoms. The van der Waals surface area contributed by atoms with E-state index in [9.17, 15) is 4.79 Å². The van der Waals surface area contributed by atoms with Crippen molar-refractivity contribution in [2.24, 2.45) is 0 Å². The molecule has 0 radical (unpaired) electrons. The van der Waals surface area contributed by atoms with E-state index in [1.165, 1.54) is 38.8 Å². The smallest absolute Gasteiger partial charge is 0.252 e. The summed E-state index contributed by atoms with van der Waals surface area (Å²) in [5.74, 6) is 2.07. The van der Waals surface area contributed by atoms with E-state index in [0.717, 1.165) is 37.6 Å². The highest BCUT2D eigenvalue weighted by Crippen LogP contribution is 2.37. The van der Waals surface area contributed by atoms with Crippen LogP contribution in [-0.2, 0) is 0 Å². The van der Waals surface area contributed by atoms with Gasteiger partial charge in [-0.1, -0.05) is 12.8 Å². The van der Waals surface area contributed by atoms with Crippen LogP contribution in [-0.4, -0.2) is 41.0 Å². The Hall–Kier alpha value is -1.36. The molecule has 1 aromatic heterocycles. The van der Waals surface area contributed by atoms with Crippen LogP contribution in [0, 0.1) is 0 Å². The Morgan fingerprint density at radius 3 is 2.70 bits per heavy atom. The third-order valence-electron chi connectivity index (χ3n) is 4.16. The first-order valence-corrected chi connectivity index (χ1v) is 7.89. The lowest BCUT2D eigenvalue weighted by atomic mass is 10.2. The van der Waals surface area contributed by atoms with E-state index >= 15 is 0 Å². The summed E-state index contributed by atoms with van der Waals surface area (Å²) in [4.78, 5) is 21.5. The number of H-pyrrole nitrogens is 1. The maximum atomic E-state index is 11.6. The van der Waals surface area contributed by atoms with Gasteiger partial charge in [0, 0.05) is 25.1 Å². The first kappa shape index (κ1) is 13.6. The van der Waals surface area contributed by atoms with Gasteiger partial charge in [-0.3, -0.25) is 4.79 Å². The summed E-state index contributed by atoms with van der Waals surface area (Å²) in [6.07, 6.45) is 7.67. The molecule has 1 aliphatic carbocycles. The first-order chi connectivity index (χ1) is 9.81. The molecule has 2 fully saturated rings. The molecule has 0 aromatic carbocycles. The lowest BCUT2D eigenvalue weighted by molar-refractivity contribution is 0.296. The lowest BCUT2D eigenvalue weighted by Crippen LogP contribution is -2.30. The van der Waals surface area contributed by atoms with E-state index in [0.29, 0.717) is 5.92 Å². The van der Waals surface area contributed by atoms with E-state index in [1.807, 2.05) is 0 Å². The molecule has 2 aliphatic rings. The van der Waals surface area contributed by atoms with Crippen molar-refractivity contribution in [1.29, 1.82) is 0 Å². The maximum absolute atomic E-state index is 11.6. The van der Waals surface area contributed by atoms with Crippen LogP contribution < -0.4 is 10.9 Å². The molecule has 0 spiro atoms. The summed E-state index contributed by atoms with van der Waals surface area (Å²) in [7, 11) is 0. The average molecular weight is 276 g/mol. The van der Waals surface area contributed by atoms with Crippen LogP contribution in [0.5, 0.6) is 0 Å². The molecule has 1 aromatic rings. The Labute approximate surface area is 119 Å². The number of aromatic nitrogens is 2. The quantitative estimate of drug-likeness (QED) is 0.863. The third-order valence-corrected chi connectivity index (χ3v) is 4.16. The number of aromatic amines is 1. The highest BCUT2D eigenvalue weighted by atomic mass is 16.1. The predicted molar refractivity (Wildman–Crippen MR) is 80.2 cm³/mol. The second-order valence-corrected chi connectivity index (χ2v) is 5.97. The Balaban J connectivity index is 1.51. The molecule has 110 valence electrons. The molecule has 1 aliphatic heterocycles. The van der Waals surface area contributed by atoms with Crippen molar-refractivity contribution in [2.75, 3.05) is 31.5 Å². The van der Waals surface area contributed by atoms with Crippen molar-refractivity contribution in [3.05, 3.63) is 22.2 Å². The zero-order valence-electron chi connectivity index (χ0n) is 12.0. The Morgan fingerprint density at radius 1 is 1.25 bits per heavy atom. The van der Waals surface area contributed by atoms with Gasteiger partial charge >= 0.3 is 0 Å². The number of likely N-dealkylation sites (tertiary alicyclic amines) is 1. The molecule has 0 unspecified atom stereocenters. The van der Waals surface area contributed by atoms with Crippen molar-refractivity contribution in [3.8, 4) is 0 Å². The zero-order valence-corrected chi connectivity index (χ0v) is 12.0. The van der Waals surface area contributed by atoms with Crippen LogP contribution in [0.25, 0.3) is 0 Å². The molecule has 5 nitrogen and oxygen atoms in total. The van der Waals surface area contributed by atoms with Crippen LogP contribution in [0.3, 0.4) is 0 Å². The molecule has 0 amide bonds. The van der Waals surface area contributed by atoms with Crippen LogP contribution in [0.1, 0.15) is 50.3 Å². The Morgan fingerprint density at radius 2 is 2.00 bits per heavy atom. The minimum atomic E-state index is -0.0424. The fourth-order valence-electron chi connectivity index (χ4n) is 2.82. The summed E-state index contributed by atoms with van der Waals surface area (Å²) in [6, 6.07) is 1.56. The Kier molecular flexibility index (Phi) is 4.35. The van der Waals surface area contributed by atoms with Crippen LogP contribution >= 0.6 is 0 Å². The van der Waals surface area contributed by atoms with E-state index in [4.69, 9.17) is 0 Å². The SMILES string of the molecule is O=c1cc(NCCN2CCCCCC2)nc(C2CC2)[nH]1. The Bertz CT molecular complexity index is 487. The van der Waals surface area contributed by atoms with Crippen molar-refractivity contribution >= 4 is 5.82 Å². The molecule has 2 heterocycles. The van der Waals surface area contributed by atoms with Gasteiger partial charge in [0.1, 0.15) is 11.6 Å². The number of nitrogens with zero attached hydrogens (tertiary/aromatic N) is 2. The van der Waals surface area contributed by atoms with Crippen molar-refractivity contribution in [3.63, 3.8) is 0 Å². The monoisotopic (exact) mass is 276 g/mol. The van der Waals surface area contributed by atoms with Crippen molar-refractivity contribution in [2.45, 2.75) is 44.4 Å². The molecule has 2 N–H and O–H groups in total.